The van der Waals surface area contributed by atoms with Gasteiger partial charge in [0, 0.05) is 18.5 Å². The molecule has 0 atom stereocenters. The summed E-state index contributed by atoms with van der Waals surface area (Å²) in [6.45, 7) is 0. The molecule has 0 fully saturated rings. The highest BCUT2D eigenvalue weighted by Crippen LogP contribution is 2.37. The maximum absolute atomic E-state index is 12.7. The maximum atomic E-state index is 12.7. The van der Waals surface area contributed by atoms with Crippen molar-refractivity contribution in [1.82, 2.24) is 9.78 Å². The Morgan fingerprint density at radius 1 is 1.33 bits per heavy atom. The van der Waals surface area contributed by atoms with Gasteiger partial charge >= 0.3 is 6.18 Å². The molecule has 94 valence electrons. The number of benzene rings is 1. The fourth-order valence-corrected chi connectivity index (χ4v) is 1.47. The Labute approximate surface area is 98.6 Å². The number of nitro benzene ring substituents is 1. The Bertz CT molecular complexity index is 579. The third-order valence-electron chi connectivity index (χ3n) is 2.25. The van der Waals surface area contributed by atoms with E-state index in [4.69, 9.17) is 0 Å². The minimum Gasteiger partial charge on any atom is -0.258 e. The lowest BCUT2D eigenvalue weighted by molar-refractivity contribution is -0.388. The van der Waals surface area contributed by atoms with Crippen LogP contribution in [0.2, 0.25) is 0 Å². The standard InChI is InChI=1S/C10H6F3N3O2/c11-10(12,13)8-6-7(15-5-1-4-14-15)2-3-9(8)16(17)18/h1-6H. The van der Waals surface area contributed by atoms with Crippen molar-refractivity contribution in [2.45, 2.75) is 6.18 Å². The van der Waals surface area contributed by atoms with Gasteiger partial charge in [-0.3, -0.25) is 10.1 Å². The predicted molar refractivity (Wildman–Crippen MR) is 55.2 cm³/mol. The lowest BCUT2D eigenvalue weighted by Gasteiger charge is -2.09. The summed E-state index contributed by atoms with van der Waals surface area (Å²) in [5.74, 6) is 0. The summed E-state index contributed by atoms with van der Waals surface area (Å²) in [6, 6.07) is 4.26. The topological polar surface area (TPSA) is 61.0 Å². The number of aromatic nitrogens is 2. The Hall–Kier alpha value is -2.38. The molecule has 2 rings (SSSR count). The molecule has 18 heavy (non-hydrogen) atoms. The van der Waals surface area contributed by atoms with Crippen molar-refractivity contribution in [3.63, 3.8) is 0 Å². The van der Waals surface area contributed by atoms with Crippen LogP contribution < -0.4 is 0 Å². The SMILES string of the molecule is O=[N+]([O-])c1ccc(-n2cccn2)cc1C(F)(F)F. The quantitative estimate of drug-likeness (QED) is 0.613. The van der Waals surface area contributed by atoms with Crippen LogP contribution in [0.25, 0.3) is 5.69 Å². The van der Waals surface area contributed by atoms with Gasteiger partial charge in [0.2, 0.25) is 0 Å². The smallest absolute Gasteiger partial charge is 0.258 e. The fraction of sp³-hybridized carbons (Fsp3) is 0.100. The normalized spacial score (nSPS) is 11.5. The highest BCUT2D eigenvalue weighted by Gasteiger charge is 2.38. The first-order valence-electron chi connectivity index (χ1n) is 4.75. The van der Waals surface area contributed by atoms with Gasteiger partial charge in [0.25, 0.3) is 5.69 Å². The van der Waals surface area contributed by atoms with Crippen LogP contribution >= 0.6 is 0 Å². The van der Waals surface area contributed by atoms with Gasteiger partial charge in [0.1, 0.15) is 5.56 Å². The summed E-state index contributed by atoms with van der Waals surface area (Å²) < 4.78 is 39.3. The van der Waals surface area contributed by atoms with E-state index in [1.54, 1.807) is 0 Å². The molecule has 1 aromatic heterocycles. The van der Waals surface area contributed by atoms with E-state index in [1.807, 2.05) is 0 Å². The van der Waals surface area contributed by atoms with Crippen LogP contribution in [-0.2, 0) is 6.18 Å². The monoisotopic (exact) mass is 257 g/mol. The van der Waals surface area contributed by atoms with Gasteiger partial charge in [-0.1, -0.05) is 0 Å². The van der Waals surface area contributed by atoms with Crippen LogP contribution in [0.1, 0.15) is 5.56 Å². The molecule has 0 amide bonds. The summed E-state index contributed by atoms with van der Waals surface area (Å²) >= 11 is 0. The second kappa shape index (κ2) is 4.13. The van der Waals surface area contributed by atoms with Crippen LogP contribution in [-0.4, -0.2) is 14.7 Å². The zero-order valence-corrected chi connectivity index (χ0v) is 8.76. The van der Waals surface area contributed by atoms with Gasteiger partial charge < -0.3 is 0 Å². The highest BCUT2D eigenvalue weighted by molar-refractivity contribution is 5.49. The lowest BCUT2D eigenvalue weighted by Crippen LogP contribution is -2.10. The van der Waals surface area contributed by atoms with Gasteiger partial charge in [-0.05, 0) is 18.2 Å². The average Bonchev–Trinajstić information content (AvgIpc) is 2.80. The largest absolute Gasteiger partial charge is 0.423 e. The molecule has 0 radical (unpaired) electrons. The number of nitro groups is 1. The maximum Gasteiger partial charge on any atom is 0.423 e. The number of nitrogens with zero attached hydrogens (tertiary/aromatic N) is 3. The molecule has 0 unspecified atom stereocenters. The Morgan fingerprint density at radius 3 is 2.56 bits per heavy atom. The number of hydrogen-bond donors (Lipinski definition) is 0. The lowest BCUT2D eigenvalue weighted by atomic mass is 10.1. The summed E-state index contributed by atoms with van der Waals surface area (Å²) in [6.07, 6.45) is -1.94. The van der Waals surface area contributed by atoms with Gasteiger partial charge in [-0.25, -0.2) is 4.68 Å². The third-order valence-corrected chi connectivity index (χ3v) is 2.25. The van der Waals surface area contributed by atoms with E-state index in [2.05, 4.69) is 5.10 Å². The molecule has 0 aliphatic heterocycles. The van der Waals surface area contributed by atoms with E-state index in [9.17, 15) is 23.3 Å². The first-order valence-corrected chi connectivity index (χ1v) is 4.75. The van der Waals surface area contributed by atoms with Crippen molar-refractivity contribution < 1.29 is 18.1 Å². The van der Waals surface area contributed by atoms with E-state index in [0.717, 1.165) is 6.07 Å². The Morgan fingerprint density at radius 2 is 2.06 bits per heavy atom. The molecular formula is C10H6F3N3O2. The molecule has 5 nitrogen and oxygen atoms in total. The molecule has 0 saturated carbocycles. The van der Waals surface area contributed by atoms with Crippen molar-refractivity contribution >= 4 is 5.69 Å². The van der Waals surface area contributed by atoms with Crippen molar-refractivity contribution in [2.24, 2.45) is 0 Å². The predicted octanol–water partition coefficient (Wildman–Crippen LogP) is 2.80. The molecule has 2 aromatic rings. The third kappa shape index (κ3) is 2.17. The number of rotatable bonds is 2. The van der Waals surface area contributed by atoms with Gasteiger partial charge in [0.05, 0.1) is 10.6 Å². The van der Waals surface area contributed by atoms with Gasteiger partial charge in [0.15, 0.2) is 0 Å². The fourth-order valence-electron chi connectivity index (χ4n) is 1.47. The van der Waals surface area contributed by atoms with Crippen LogP contribution in [0.15, 0.2) is 36.7 Å². The zero-order chi connectivity index (χ0) is 13.3. The van der Waals surface area contributed by atoms with Crippen molar-refractivity contribution in [3.05, 3.63) is 52.3 Å². The van der Waals surface area contributed by atoms with E-state index in [-0.39, 0.29) is 5.69 Å². The molecule has 0 saturated heterocycles. The molecule has 0 aliphatic carbocycles. The van der Waals surface area contributed by atoms with E-state index in [0.29, 0.717) is 6.07 Å². The molecule has 1 heterocycles. The van der Waals surface area contributed by atoms with Crippen molar-refractivity contribution in [2.75, 3.05) is 0 Å². The molecule has 0 bridgehead atoms. The summed E-state index contributed by atoms with van der Waals surface area (Å²) in [7, 11) is 0. The second-order valence-corrected chi connectivity index (χ2v) is 3.41. The van der Waals surface area contributed by atoms with E-state index in [1.165, 1.54) is 29.2 Å². The summed E-state index contributed by atoms with van der Waals surface area (Å²) in [5.41, 5.74) is -2.16. The Kier molecular flexibility index (Phi) is 2.77. The van der Waals surface area contributed by atoms with Gasteiger partial charge in [-0.15, -0.1) is 0 Å². The number of halogens is 3. The highest BCUT2D eigenvalue weighted by atomic mass is 19.4. The average molecular weight is 257 g/mol. The molecule has 8 heteroatoms. The first kappa shape index (κ1) is 12.1. The Balaban J connectivity index is 2.60. The van der Waals surface area contributed by atoms with Crippen molar-refractivity contribution in [3.8, 4) is 5.69 Å². The van der Waals surface area contributed by atoms with Crippen LogP contribution in [0, 0.1) is 10.1 Å². The number of hydrogen-bond acceptors (Lipinski definition) is 3. The van der Waals surface area contributed by atoms with Crippen molar-refractivity contribution in [1.29, 1.82) is 0 Å². The molecule has 0 N–H and O–H groups in total. The summed E-state index contributed by atoms with van der Waals surface area (Å²) in [4.78, 5) is 9.49. The molecular weight excluding hydrogens is 251 g/mol. The van der Waals surface area contributed by atoms with Crippen LogP contribution in [0.3, 0.4) is 0 Å². The molecule has 1 aromatic carbocycles. The first-order chi connectivity index (χ1) is 8.39. The second-order valence-electron chi connectivity index (χ2n) is 3.41. The minimum atomic E-state index is -4.79. The zero-order valence-electron chi connectivity index (χ0n) is 8.76. The molecule has 0 spiro atoms. The van der Waals surface area contributed by atoms with Gasteiger partial charge in [-0.2, -0.15) is 18.3 Å². The van der Waals surface area contributed by atoms with E-state index >= 15 is 0 Å². The van der Waals surface area contributed by atoms with Crippen LogP contribution in [0.4, 0.5) is 18.9 Å². The minimum absolute atomic E-state index is 0.109. The molecule has 0 aliphatic rings. The number of alkyl halides is 3. The van der Waals surface area contributed by atoms with E-state index < -0.39 is 22.4 Å². The van der Waals surface area contributed by atoms with Crippen LogP contribution in [0.5, 0.6) is 0 Å². The summed E-state index contributed by atoms with van der Waals surface area (Å²) in [5, 5.41) is 14.3.